The smallest absolute Gasteiger partial charge is 0.214 e. The topological polar surface area (TPSA) is 78.1 Å². The van der Waals surface area contributed by atoms with Gasteiger partial charge in [0.25, 0.3) is 0 Å². The Morgan fingerprint density at radius 3 is 3.00 bits per heavy atom. The number of anilines is 1. The Morgan fingerprint density at radius 2 is 2.23 bits per heavy atom. The molecule has 2 aliphatic carbocycles. The van der Waals surface area contributed by atoms with Crippen LogP contribution in [-0.4, -0.2) is 42.3 Å². The van der Waals surface area contributed by atoms with E-state index in [4.69, 9.17) is 0 Å². The highest BCUT2D eigenvalue weighted by Gasteiger charge is 2.43. The largest absolute Gasteiger partial charge is 0.367 e. The number of fused-ring (bicyclic) bond motifs is 3. The van der Waals surface area contributed by atoms with Gasteiger partial charge in [-0.05, 0) is 49.7 Å². The van der Waals surface area contributed by atoms with Gasteiger partial charge in [-0.1, -0.05) is 13.3 Å². The van der Waals surface area contributed by atoms with Crippen molar-refractivity contribution in [3.05, 3.63) is 24.0 Å². The SMILES string of the molecule is CC[C@@H]1C[C@H](NS(=O)(=O)C2CC2)C[C@@H]1N1CCc2cnc3[nH]ccc3c21.[HH].[HH]. The number of rotatable bonds is 5. The predicted molar refractivity (Wildman–Crippen MR) is 107 cm³/mol. The van der Waals surface area contributed by atoms with Crippen LogP contribution in [0.5, 0.6) is 0 Å². The van der Waals surface area contributed by atoms with Crippen molar-refractivity contribution < 1.29 is 11.3 Å². The molecule has 3 aliphatic rings. The Kier molecular flexibility index (Phi) is 3.79. The van der Waals surface area contributed by atoms with Crippen LogP contribution in [0.2, 0.25) is 0 Å². The fourth-order valence-corrected chi connectivity index (χ4v) is 6.57. The van der Waals surface area contributed by atoms with Gasteiger partial charge in [-0.3, -0.25) is 0 Å². The lowest BCUT2D eigenvalue weighted by molar-refractivity contribution is 0.441. The molecule has 0 unspecified atom stereocenters. The summed E-state index contributed by atoms with van der Waals surface area (Å²) in [6.45, 7) is 3.23. The van der Waals surface area contributed by atoms with Crippen LogP contribution in [0, 0.1) is 5.92 Å². The Hall–Kier alpha value is -1.60. The van der Waals surface area contributed by atoms with E-state index < -0.39 is 10.0 Å². The first kappa shape index (κ1) is 16.6. The Morgan fingerprint density at radius 1 is 1.38 bits per heavy atom. The van der Waals surface area contributed by atoms with Gasteiger partial charge in [-0.15, -0.1) is 0 Å². The van der Waals surface area contributed by atoms with Crippen LogP contribution in [0.3, 0.4) is 0 Å². The van der Waals surface area contributed by atoms with Crippen LogP contribution in [0.15, 0.2) is 18.5 Å². The van der Waals surface area contributed by atoms with Crippen molar-refractivity contribution in [3.63, 3.8) is 0 Å². The summed E-state index contributed by atoms with van der Waals surface area (Å²) in [4.78, 5) is 10.3. The maximum absolute atomic E-state index is 12.4. The number of sulfonamides is 1. The van der Waals surface area contributed by atoms with Gasteiger partial charge in [-0.2, -0.15) is 0 Å². The zero-order valence-electron chi connectivity index (χ0n) is 15.1. The highest BCUT2D eigenvalue weighted by Crippen LogP contribution is 2.42. The third-order valence-corrected chi connectivity index (χ3v) is 8.43. The summed E-state index contributed by atoms with van der Waals surface area (Å²) in [6.07, 6.45) is 9.54. The van der Waals surface area contributed by atoms with Gasteiger partial charge < -0.3 is 9.88 Å². The van der Waals surface area contributed by atoms with Gasteiger partial charge in [0.2, 0.25) is 10.0 Å². The Bertz CT molecular complexity index is 945. The standard InChI is InChI=1S/C19H26N4O2S.2H2/c1-2-12-9-14(22-26(24,25)15-3-4-15)10-17(12)23-8-6-13-11-21-19-16(18(13)23)5-7-20-19;;/h5,7,11-12,14-15,17,22H,2-4,6,8-10H2,1H3,(H,20,21);2*1H/t12-,14+,17+;;/m1../s1. The third-order valence-electron chi connectivity index (χ3n) is 6.42. The summed E-state index contributed by atoms with van der Waals surface area (Å²) in [5, 5.41) is 1.05. The quantitative estimate of drug-likeness (QED) is 0.838. The minimum atomic E-state index is -3.12. The van der Waals surface area contributed by atoms with E-state index >= 15 is 0 Å². The molecule has 1 aliphatic heterocycles. The van der Waals surface area contributed by atoms with Crippen molar-refractivity contribution in [1.82, 2.24) is 14.7 Å². The molecule has 0 aromatic carbocycles. The van der Waals surface area contributed by atoms with Crippen LogP contribution in [0.25, 0.3) is 11.0 Å². The molecule has 0 saturated heterocycles. The molecule has 26 heavy (non-hydrogen) atoms. The minimum absolute atomic E-state index is 0. The second kappa shape index (κ2) is 5.96. The molecule has 5 rings (SSSR count). The number of aromatic nitrogens is 2. The second-order valence-corrected chi connectivity index (χ2v) is 10.1. The van der Waals surface area contributed by atoms with Crippen molar-refractivity contribution in [3.8, 4) is 0 Å². The van der Waals surface area contributed by atoms with Gasteiger partial charge in [0.05, 0.1) is 10.9 Å². The van der Waals surface area contributed by atoms with E-state index in [-0.39, 0.29) is 14.1 Å². The molecule has 3 heterocycles. The highest BCUT2D eigenvalue weighted by molar-refractivity contribution is 7.90. The highest BCUT2D eigenvalue weighted by atomic mass is 32.2. The molecule has 144 valence electrons. The zero-order chi connectivity index (χ0) is 17.9. The molecule has 2 N–H and O–H groups in total. The van der Waals surface area contributed by atoms with Crippen molar-refractivity contribution >= 4 is 26.7 Å². The summed E-state index contributed by atoms with van der Waals surface area (Å²) in [7, 11) is -3.12. The molecule has 0 spiro atoms. The second-order valence-electron chi connectivity index (χ2n) is 8.08. The van der Waals surface area contributed by atoms with E-state index in [2.05, 4.69) is 32.6 Å². The van der Waals surface area contributed by atoms with Crippen LogP contribution >= 0.6 is 0 Å². The number of nitrogens with zero attached hydrogens (tertiary/aromatic N) is 2. The lowest BCUT2D eigenvalue weighted by Gasteiger charge is -2.32. The summed E-state index contributed by atoms with van der Waals surface area (Å²) < 4.78 is 27.8. The fourth-order valence-electron chi connectivity index (χ4n) is 4.97. The Balaban J connectivity index is 0.00000112. The summed E-state index contributed by atoms with van der Waals surface area (Å²) >= 11 is 0. The summed E-state index contributed by atoms with van der Waals surface area (Å²) in [6, 6.07) is 2.58. The average molecular weight is 379 g/mol. The molecule has 2 aromatic heterocycles. The van der Waals surface area contributed by atoms with E-state index in [0.717, 1.165) is 50.7 Å². The molecule has 6 nitrogen and oxygen atoms in total. The van der Waals surface area contributed by atoms with E-state index in [9.17, 15) is 8.42 Å². The number of hydrogen-bond acceptors (Lipinski definition) is 4. The van der Waals surface area contributed by atoms with Crippen molar-refractivity contribution in [2.75, 3.05) is 11.4 Å². The van der Waals surface area contributed by atoms with Crippen LogP contribution in [0.1, 0.15) is 47.4 Å². The molecule has 3 atom stereocenters. The van der Waals surface area contributed by atoms with Crippen molar-refractivity contribution in [2.24, 2.45) is 5.92 Å². The van der Waals surface area contributed by atoms with Gasteiger partial charge in [0.1, 0.15) is 5.65 Å². The molecule has 0 radical (unpaired) electrons. The van der Waals surface area contributed by atoms with Gasteiger partial charge in [0.15, 0.2) is 0 Å². The molecular formula is C19H30N4O2S. The van der Waals surface area contributed by atoms with Crippen molar-refractivity contribution in [1.29, 1.82) is 0 Å². The van der Waals surface area contributed by atoms with Crippen LogP contribution < -0.4 is 9.62 Å². The molecule has 2 aromatic rings. The first-order chi connectivity index (χ1) is 12.6. The van der Waals surface area contributed by atoms with Crippen LogP contribution in [-0.2, 0) is 16.4 Å². The first-order valence-electron chi connectivity index (χ1n) is 9.79. The van der Waals surface area contributed by atoms with E-state index in [1.165, 1.54) is 16.6 Å². The maximum Gasteiger partial charge on any atom is 0.214 e. The minimum Gasteiger partial charge on any atom is -0.367 e. The van der Waals surface area contributed by atoms with E-state index in [1.54, 1.807) is 0 Å². The lowest BCUT2D eigenvalue weighted by Crippen LogP contribution is -2.39. The molecule has 7 heteroatoms. The number of hydrogen-bond donors (Lipinski definition) is 2. The number of aromatic amines is 1. The maximum atomic E-state index is 12.4. The van der Waals surface area contributed by atoms with Gasteiger partial charge >= 0.3 is 0 Å². The van der Waals surface area contributed by atoms with Crippen molar-refractivity contribution in [2.45, 2.75) is 62.8 Å². The molecule has 2 saturated carbocycles. The number of nitrogens with one attached hydrogen (secondary N) is 2. The summed E-state index contributed by atoms with van der Waals surface area (Å²) in [5.41, 5.74) is 3.56. The molecule has 2 fully saturated rings. The van der Waals surface area contributed by atoms with E-state index in [0.29, 0.717) is 12.0 Å². The fraction of sp³-hybridized carbons (Fsp3) is 0.632. The van der Waals surface area contributed by atoms with Gasteiger partial charge in [-0.25, -0.2) is 18.1 Å². The van der Waals surface area contributed by atoms with Gasteiger partial charge in [0, 0.05) is 39.3 Å². The predicted octanol–water partition coefficient (Wildman–Crippen LogP) is 3.06. The Labute approximate surface area is 157 Å². The average Bonchev–Trinajstić information content (AvgIpc) is 3.06. The molecular weight excluding hydrogens is 348 g/mol. The molecule has 0 bridgehead atoms. The normalized spacial score (nSPS) is 28.8. The van der Waals surface area contributed by atoms with Crippen LogP contribution in [0.4, 0.5) is 5.69 Å². The molecule has 0 amide bonds. The van der Waals surface area contributed by atoms with E-state index in [1.807, 2.05) is 12.4 Å². The number of pyridine rings is 1. The third kappa shape index (κ3) is 2.63. The number of H-pyrrole nitrogens is 1. The lowest BCUT2D eigenvalue weighted by atomic mass is 9.99. The monoisotopic (exact) mass is 378 g/mol. The first-order valence-corrected chi connectivity index (χ1v) is 11.3. The zero-order valence-corrected chi connectivity index (χ0v) is 15.9. The summed E-state index contributed by atoms with van der Waals surface area (Å²) in [5.74, 6) is 0.523.